The average Bonchev–Trinajstić information content (AvgIpc) is 3.61. The summed E-state index contributed by atoms with van der Waals surface area (Å²) >= 11 is 0.923. The Labute approximate surface area is 257 Å². The molecule has 0 saturated carbocycles. The van der Waals surface area contributed by atoms with Crippen LogP contribution < -0.4 is 8.92 Å². The van der Waals surface area contributed by atoms with Crippen molar-refractivity contribution in [2.75, 3.05) is 20.3 Å². The highest BCUT2D eigenvalue weighted by molar-refractivity contribution is 7.88. The molecular formula is C28H25F5N4O6S2. The Balaban J connectivity index is 1.81. The Hall–Kier alpha value is -4.09. The van der Waals surface area contributed by atoms with Gasteiger partial charge in [-0.2, -0.15) is 26.7 Å². The number of alkyl halides is 3. The number of aromatic nitrogens is 3. The predicted octanol–water partition coefficient (Wildman–Crippen LogP) is 5.84. The summed E-state index contributed by atoms with van der Waals surface area (Å²) in [6.07, 6.45) is 1.16. The maximum atomic E-state index is 15.8. The van der Waals surface area contributed by atoms with Crippen LogP contribution in [0.15, 0.2) is 42.3 Å². The number of pyridine rings is 1. The van der Waals surface area contributed by atoms with E-state index in [1.165, 1.54) is 24.6 Å². The minimum absolute atomic E-state index is 0.0110. The number of benzene rings is 1. The molecule has 1 aliphatic heterocycles. The van der Waals surface area contributed by atoms with E-state index in [-0.39, 0.29) is 70.1 Å². The number of thiophene rings is 1. The maximum Gasteiger partial charge on any atom is 0.534 e. The molecule has 45 heavy (non-hydrogen) atoms. The van der Waals surface area contributed by atoms with Gasteiger partial charge in [-0.05, 0) is 37.4 Å². The molecule has 4 aromatic rings. The van der Waals surface area contributed by atoms with Gasteiger partial charge in [0.15, 0.2) is 0 Å². The molecule has 4 heterocycles. The van der Waals surface area contributed by atoms with E-state index in [2.05, 4.69) is 20.8 Å². The normalized spacial score (nSPS) is 16.9. The molecule has 1 aromatic carbocycles. The fourth-order valence-corrected chi connectivity index (χ4v) is 6.54. The van der Waals surface area contributed by atoms with Gasteiger partial charge in [0.1, 0.15) is 35.4 Å². The van der Waals surface area contributed by atoms with Gasteiger partial charge in [-0.15, -0.1) is 11.3 Å². The summed E-state index contributed by atoms with van der Waals surface area (Å²) in [6.45, 7) is 7.21. The van der Waals surface area contributed by atoms with Gasteiger partial charge in [-0.1, -0.05) is 6.58 Å². The van der Waals surface area contributed by atoms with Gasteiger partial charge in [0.25, 0.3) is 0 Å². The third-order valence-corrected chi connectivity index (χ3v) is 8.98. The molecule has 0 saturated heterocycles. The zero-order chi connectivity index (χ0) is 32.8. The maximum absolute atomic E-state index is 15.8. The second kappa shape index (κ2) is 12.0. The number of methoxy groups -OCH3 is 1. The average molecular weight is 673 g/mol. The fraction of sp³-hybridized carbons (Fsp3) is 0.321. The Morgan fingerprint density at radius 2 is 1.91 bits per heavy atom. The monoisotopic (exact) mass is 672 g/mol. The van der Waals surface area contributed by atoms with Crippen LogP contribution in [0.25, 0.3) is 32.6 Å². The van der Waals surface area contributed by atoms with Crippen LogP contribution in [0.5, 0.6) is 11.6 Å². The summed E-state index contributed by atoms with van der Waals surface area (Å²) in [4.78, 5) is 18.3. The van der Waals surface area contributed by atoms with Gasteiger partial charge < -0.3 is 18.6 Å². The topological polar surface area (TPSA) is 113 Å². The van der Waals surface area contributed by atoms with Gasteiger partial charge in [0, 0.05) is 30.8 Å². The van der Waals surface area contributed by atoms with E-state index in [1.807, 2.05) is 0 Å². The summed E-state index contributed by atoms with van der Waals surface area (Å²) in [5, 5.41) is 5.80. The Kier molecular flexibility index (Phi) is 8.63. The Morgan fingerprint density at radius 1 is 1.18 bits per heavy atom. The highest BCUT2D eigenvalue weighted by Gasteiger charge is 2.49. The molecule has 1 aliphatic rings. The van der Waals surface area contributed by atoms with Gasteiger partial charge >= 0.3 is 15.6 Å². The molecule has 0 bridgehead atoms. The molecule has 0 fully saturated rings. The van der Waals surface area contributed by atoms with Gasteiger partial charge in [0.2, 0.25) is 11.8 Å². The first-order valence-corrected chi connectivity index (χ1v) is 15.5. The second-order valence-corrected chi connectivity index (χ2v) is 12.5. The van der Waals surface area contributed by atoms with E-state index in [0.717, 1.165) is 23.5 Å². The van der Waals surface area contributed by atoms with Crippen molar-refractivity contribution >= 4 is 37.4 Å². The van der Waals surface area contributed by atoms with Crippen LogP contribution in [0.1, 0.15) is 25.6 Å². The fourth-order valence-electron chi connectivity index (χ4n) is 5.18. The van der Waals surface area contributed by atoms with Crippen molar-refractivity contribution in [3.8, 4) is 34.1 Å². The molecule has 0 N–H and O–H groups in total. The first-order chi connectivity index (χ1) is 21.2. The lowest BCUT2D eigenvalue weighted by atomic mass is 9.98. The SMILES string of the molecule is C=CC(=O)N1[C@H](C)Cn2nc(-c3nc(OS(=O)(=O)C(F)(F)F)c4ccsc4c3-c3c(F)cc(F)cc3OCCOC)cc2[C@@H]1C. The van der Waals surface area contributed by atoms with Crippen LogP contribution in [0.4, 0.5) is 22.0 Å². The predicted molar refractivity (Wildman–Crippen MR) is 154 cm³/mol. The van der Waals surface area contributed by atoms with Crippen LogP contribution in [-0.4, -0.2) is 65.9 Å². The number of ether oxygens (including phenoxy) is 2. The molecule has 17 heteroatoms. The Morgan fingerprint density at radius 3 is 2.58 bits per heavy atom. The van der Waals surface area contributed by atoms with Crippen molar-refractivity contribution in [2.45, 2.75) is 38.0 Å². The number of carbonyl (C=O) groups excluding carboxylic acids is 1. The van der Waals surface area contributed by atoms with Gasteiger partial charge in [-0.25, -0.2) is 13.8 Å². The molecule has 5 rings (SSSR count). The minimum atomic E-state index is -6.17. The molecule has 0 radical (unpaired) electrons. The van der Waals surface area contributed by atoms with Crippen molar-refractivity contribution < 1.29 is 48.8 Å². The number of carbonyl (C=O) groups is 1. The van der Waals surface area contributed by atoms with E-state index in [9.17, 15) is 30.8 Å². The van der Waals surface area contributed by atoms with Crippen molar-refractivity contribution in [1.29, 1.82) is 0 Å². The summed E-state index contributed by atoms with van der Waals surface area (Å²) in [6, 6.07) is 3.39. The smallest absolute Gasteiger partial charge is 0.490 e. The second-order valence-electron chi connectivity index (χ2n) is 10.0. The number of rotatable bonds is 9. The summed E-state index contributed by atoms with van der Waals surface area (Å²) in [7, 11) is -4.77. The number of halogens is 5. The third kappa shape index (κ3) is 5.86. The number of nitrogens with zero attached hydrogens (tertiary/aromatic N) is 4. The summed E-state index contributed by atoms with van der Waals surface area (Å²) in [5.74, 6) is -3.60. The zero-order valence-corrected chi connectivity index (χ0v) is 25.5. The summed E-state index contributed by atoms with van der Waals surface area (Å²) < 4.78 is 111. The van der Waals surface area contributed by atoms with Crippen molar-refractivity contribution in [3.63, 3.8) is 0 Å². The number of fused-ring (bicyclic) bond motifs is 2. The van der Waals surface area contributed by atoms with E-state index < -0.39 is 39.2 Å². The molecule has 1 amide bonds. The van der Waals surface area contributed by atoms with Crippen LogP contribution in [0.2, 0.25) is 0 Å². The lowest BCUT2D eigenvalue weighted by molar-refractivity contribution is -0.131. The lowest BCUT2D eigenvalue weighted by Gasteiger charge is -2.38. The van der Waals surface area contributed by atoms with Crippen molar-refractivity contribution in [1.82, 2.24) is 19.7 Å². The van der Waals surface area contributed by atoms with E-state index in [1.54, 1.807) is 23.4 Å². The molecule has 0 spiro atoms. The molecule has 2 atom stereocenters. The first-order valence-electron chi connectivity index (χ1n) is 13.2. The van der Waals surface area contributed by atoms with Gasteiger partial charge in [0.05, 0.1) is 40.5 Å². The molecular weight excluding hydrogens is 647 g/mol. The lowest BCUT2D eigenvalue weighted by Crippen LogP contribution is -2.46. The summed E-state index contributed by atoms with van der Waals surface area (Å²) in [5.41, 5.74) is -5.92. The molecule has 240 valence electrons. The number of hydrogen-bond acceptors (Lipinski definition) is 9. The van der Waals surface area contributed by atoms with Crippen LogP contribution >= 0.6 is 11.3 Å². The van der Waals surface area contributed by atoms with Crippen LogP contribution in [0.3, 0.4) is 0 Å². The number of amides is 1. The molecule has 3 aromatic heterocycles. The first kappa shape index (κ1) is 32.3. The zero-order valence-electron chi connectivity index (χ0n) is 23.9. The molecule has 0 unspecified atom stereocenters. The Bertz CT molecular complexity index is 1910. The number of hydrogen-bond donors (Lipinski definition) is 0. The van der Waals surface area contributed by atoms with E-state index in [4.69, 9.17) is 9.47 Å². The highest BCUT2D eigenvalue weighted by atomic mass is 32.2. The van der Waals surface area contributed by atoms with Crippen molar-refractivity contribution in [2.24, 2.45) is 0 Å². The van der Waals surface area contributed by atoms with Gasteiger partial charge in [-0.3, -0.25) is 9.48 Å². The van der Waals surface area contributed by atoms with Crippen molar-refractivity contribution in [3.05, 3.63) is 59.6 Å². The molecule has 0 aliphatic carbocycles. The van der Waals surface area contributed by atoms with E-state index >= 15 is 4.39 Å². The molecule has 10 nitrogen and oxygen atoms in total. The highest BCUT2D eigenvalue weighted by Crippen LogP contribution is 2.48. The van der Waals surface area contributed by atoms with Crippen LogP contribution in [-0.2, 0) is 26.2 Å². The minimum Gasteiger partial charge on any atom is -0.490 e. The largest absolute Gasteiger partial charge is 0.534 e. The third-order valence-electron chi connectivity index (χ3n) is 7.10. The van der Waals surface area contributed by atoms with Crippen LogP contribution in [0, 0.1) is 11.6 Å². The van der Waals surface area contributed by atoms with E-state index in [0.29, 0.717) is 11.8 Å². The quantitative estimate of drug-likeness (QED) is 0.0718. The standard InChI is InChI=1S/C28H25F5N4O6S2/c1-5-22(38)37-14(2)13-36-20(15(37)3)12-19(35-36)25-24(23-18(30)10-16(29)11-21(23)42-8-7-41-4)26-17(6-9-44-26)27(34-25)43-45(39,40)28(31,32)33/h5-6,9-12,14-15H,1,7-8,13H2,2-4H3/t14-,15+/m1/s1.